The third-order valence-corrected chi connectivity index (χ3v) is 1.89. The van der Waals surface area contributed by atoms with Gasteiger partial charge in [0.1, 0.15) is 0 Å². The van der Waals surface area contributed by atoms with E-state index in [4.69, 9.17) is 11.5 Å². The van der Waals surface area contributed by atoms with Crippen molar-refractivity contribution >= 4 is 0 Å². The van der Waals surface area contributed by atoms with Gasteiger partial charge in [-0.05, 0) is 24.3 Å². The van der Waals surface area contributed by atoms with Gasteiger partial charge in [-0.15, -0.1) is 12.3 Å². The summed E-state index contributed by atoms with van der Waals surface area (Å²) in [5.41, 5.74) is 1.15. The zero-order valence-corrected chi connectivity index (χ0v) is 6.01. The van der Waals surface area contributed by atoms with Crippen LogP contribution in [0.4, 0.5) is 0 Å². The topological polar surface area (TPSA) is 20.2 Å². The molecule has 0 aliphatic heterocycles. The molecular formula is C9H12O. The summed E-state index contributed by atoms with van der Waals surface area (Å²) in [6.45, 7) is 0.209. The Hall–Kier alpha value is -0.740. The highest BCUT2D eigenvalue weighted by molar-refractivity contribution is 5.12. The van der Waals surface area contributed by atoms with Crippen molar-refractivity contribution in [2.45, 2.75) is 19.3 Å². The third-order valence-electron chi connectivity index (χ3n) is 1.89. The van der Waals surface area contributed by atoms with Gasteiger partial charge in [0, 0.05) is 6.42 Å². The molecule has 0 aromatic carbocycles. The molecule has 54 valence electrons. The lowest BCUT2D eigenvalue weighted by atomic mass is 10.1. The summed E-state index contributed by atoms with van der Waals surface area (Å²) in [6.07, 6.45) is 10.2. The van der Waals surface area contributed by atoms with Crippen molar-refractivity contribution in [3.05, 3.63) is 11.6 Å². The van der Waals surface area contributed by atoms with Crippen LogP contribution in [-0.2, 0) is 0 Å². The summed E-state index contributed by atoms with van der Waals surface area (Å²) in [5, 5.41) is 8.73. The first-order valence-electron chi connectivity index (χ1n) is 3.60. The molecular weight excluding hydrogens is 124 g/mol. The van der Waals surface area contributed by atoms with E-state index in [9.17, 15) is 0 Å². The van der Waals surface area contributed by atoms with E-state index in [1.807, 2.05) is 0 Å². The average molecular weight is 136 g/mol. The first kappa shape index (κ1) is 7.37. The fourth-order valence-electron chi connectivity index (χ4n) is 1.31. The van der Waals surface area contributed by atoms with Gasteiger partial charge in [-0.2, -0.15) is 0 Å². The molecule has 1 unspecified atom stereocenters. The number of aliphatic hydroxyl groups is 1. The van der Waals surface area contributed by atoms with E-state index in [-0.39, 0.29) is 6.61 Å². The number of terminal acetylenes is 1. The summed E-state index contributed by atoms with van der Waals surface area (Å²) in [7, 11) is 0. The van der Waals surface area contributed by atoms with E-state index in [0.29, 0.717) is 5.92 Å². The van der Waals surface area contributed by atoms with Crippen molar-refractivity contribution in [1.29, 1.82) is 0 Å². The van der Waals surface area contributed by atoms with Crippen LogP contribution in [0.3, 0.4) is 0 Å². The van der Waals surface area contributed by atoms with Gasteiger partial charge in [0.05, 0.1) is 6.61 Å². The minimum atomic E-state index is 0.209. The number of aliphatic hydroxyl groups excluding tert-OH is 1. The van der Waals surface area contributed by atoms with E-state index < -0.39 is 0 Å². The van der Waals surface area contributed by atoms with E-state index >= 15 is 0 Å². The lowest BCUT2D eigenvalue weighted by Gasteiger charge is -1.97. The predicted octanol–water partition coefficient (Wildman–Crippen LogP) is 1.34. The number of hydrogen-bond donors (Lipinski definition) is 1. The highest BCUT2D eigenvalue weighted by Crippen LogP contribution is 2.25. The first-order valence-corrected chi connectivity index (χ1v) is 3.60. The molecule has 0 amide bonds. The number of hydrogen-bond acceptors (Lipinski definition) is 1. The summed E-state index contributed by atoms with van der Waals surface area (Å²) in [4.78, 5) is 0. The molecule has 1 N–H and O–H groups in total. The predicted molar refractivity (Wildman–Crippen MR) is 41.3 cm³/mol. The van der Waals surface area contributed by atoms with Gasteiger partial charge in [-0.25, -0.2) is 0 Å². The van der Waals surface area contributed by atoms with Crippen molar-refractivity contribution in [1.82, 2.24) is 0 Å². The number of allylic oxidation sites excluding steroid dienone is 1. The zero-order valence-electron chi connectivity index (χ0n) is 6.01. The molecule has 0 spiro atoms. The van der Waals surface area contributed by atoms with Gasteiger partial charge in [0.15, 0.2) is 0 Å². The molecule has 1 atom stereocenters. The molecule has 0 fully saturated rings. The maximum Gasteiger partial charge on any atom is 0.0641 e. The van der Waals surface area contributed by atoms with Crippen molar-refractivity contribution < 1.29 is 5.11 Å². The van der Waals surface area contributed by atoms with Crippen molar-refractivity contribution in [3.63, 3.8) is 0 Å². The Morgan fingerprint density at radius 2 is 2.60 bits per heavy atom. The molecule has 0 heterocycles. The molecule has 0 saturated carbocycles. The zero-order chi connectivity index (χ0) is 7.40. The normalized spacial score (nSPS) is 24.0. The molecule has 1 rings (SSSR count). The van der Waals surface area contributed by atoms with Gasteiger partial charge < -0.3 is 5.11 Å². The SMILES string of the molecule is C#CCC1C=C(CO)CC1. The monoisotopic (exact) mass is 136 g/mol. The molecule has 0 bridgehead atoms. The Bertz CT molecular complexity index is 174. The molecule has 0 radical (unpaired) electrons. The van der Waals surface area contributed by atoms with Gasteiger partial charge >= 0.3 is 0 Å². The summed E-state index contributed by atoms with van der Waals surface area (Å²) >= 11 is 0. The Kier molecular flexibility index (Phi) is 2.53. The fourth-order valence-corrected chi connectivity index (χ4v) is 1.31. The Morgan fingerprint density at radius 3 is 3.10 bits per heavy atom. The largest absolute Gasteiger partial charge is 0.392 e. The smallest absolute Gasteiger partial charge is 0.0641 e. The summed E-state index contributed by atoms with van der Waals surface area (Å²) in [5.74, 6) is 3.16. The van der Waals surface area contributed by atoms with Crippen LogP contribution in [0.5, 0.6) is 0 Å². The lowest BCUT2D eigenvalue weighted by molar-refractivity contribution is 0.328. The van der Waals surface area contributed by atoms with E-state index in [1.165, 1.54) is 0 Å². The van der Waals surface area contributed by atoms with Crippen LogP contribution in [0.2, 0.25) is 0 Å². The van der Waals surface area contributed by atoms with Crippen LogP contribution in [0.1, 0.15) is 19.3 Å². The molecule has 1 aliphatic rings. The second-order valence-corrected chi connectivity index (χ2v) is 2.69. The van der Waals surface area contributed by atoms with Crippen molar-refractivity contribution in [2.75, 3.05) is 6.61 Å². The molecule has 0 saturated heterocycles. The van der Waals surface area contributed by atoms with Gasteiger partial charge in [-0.1, -0.05) is 6.08 Å². The first-order chi connectivity index (χ1) is 4.86. The van der Waals surface area contributed by atoms with E-state index in [0.717, 1.165) is 24.8 Å². The van der Waals surface area contributed by atoms with Crippen LogP contribution >= 0.6 is 0 Å². The molecule has 1 heteroatoms. The molecule has 10 heavy (non-hydrogen) atoms. The van der Waals surface area contributed by atoms with Crippen molar-refractivity contribution in [3.8, 4) is 12.3 Å². The maximum atomic E-state index is 8.73. The average Bonchev–Trinajstić information content (AvgIpc) is 2.37. The molecule has 0 aromatic heterocycles. The van der Waals surface area contributed by atoms with Gasteiger partial charge in [-0.3, -0.25) is 0 Å². The second-order valence-electron chi connectivity index (χ2n) is 2.69. The van der Waals surface area contributed by atoms with Gasteiger partial charge in [0.2, 0.25) is 0 Å². The minimum absolute atomic E-state index is 0.209. The quantitative estimate of drug-likeness (QED) is 0.448. The summed E-state index contributed by atoms with van der Waals surface area (Å²) in [6, 6.07) is 0. The Morgan fingerprint density at radius 1 is 1.80 bits per heavy atom. The molecule has 1 aliphatic carbocycles. The van der Waals surface area contributed by atoms with Crippen LogP contribution in [0.25, 0.3) is 0 Å². The Labute approximate surface area is 61.8 Å². The van der Waals surface area contributed by atoms with E-state index in [1.54, 1.807) is 0 Å². The fraction of sp³-hybridized carbons (Fsp3) is 0.556. The van der Waals surface area contributed by atoms with Gasteiger partial charge in [0.25, 0.3) is 0 Å². The van der Waals surface area contributed by atoms with Crippen LogP contribution in [0, 0.1) is 18.3 Å². The van der Waals surface area contributed by atoms with Crippen LogP contribution < -0.4 is 0 Å². The summed E-state index contributed by atoms with van der Waals surface area (Å²) < 4.78 is 0. The lowest BCUT2D eigenvalue weighted by Crippen LogP contribution is -1.86. The number of rotatable bonds is 2. The molecule has 0 aromatic rings. The maximum absolute atomic E-state index is 8.73. The van der Waals surface area contributed by atoms with E-state index in [2.05, 4.69) is 12.0 Å². The van der Waals surface area contributed by atoms with Crippen LogP contribution in [0.15, 0.2) is 11.6 Å². The second kappa shape index (κ2) is 3.43. The molecule has 1 nitrogen and oxygen atoms in total. The standard InChI is InChI=1S/C9H12O/c1-2-3-8-4-5-9(6-8)7-10/h1,6,8,10H,3-5,7H2. The van der Waals surface area contributed by atoms with Crippen LogP contribution in [-0.4, -0.2) is 11.7 Å². The Balaban J connectivity index is 2.41. The minimum Gasteiger partial charge on any atom is -0.392 e. The third kappa shape index (κ3) is 1.62. The van der Waals surface area contributed by atoms with Crippen molar-refractivity contribution in [2.24, 2.45) is 5.92 Å². The highest BCUT2D eigenvalue weighted by Gasteiger charge is 2.13. The highest BCUT2D eigenvalue weighted by atomic mass is 16.3.